The smallest absolute Gasteiger partial charge is 0.396 e. The van der Waals surface area contributed by atoms with Gasteiger partial charge in [0.05, 0.1) is 0 Å². The summed E-state index contributed by atoms with van der Waals surface area (Å²) in [6, 6.07) is 0.883. The lowest BCUT2D eigenvalue weighted by Crippen LogP contribution is -2.45. The highest BCUT2D eigenvalue weighted by Gasteiger charge is 2.39. The maximum atomic E-state index is 8.71. The Morgan fingerprint density at radius 3 is 1.65 bits per heavy atom. The van der Waals surface area contributed by atoms with Crippen LogP contribution in [0.3, 0.4) is 0 Å². The van der Waals surface area contributed by atoms with E-state index in [-0.39, 0.29) is 6.61 Å². The number of aliphatic hydroxyl groups excluding tert-OH is 1. The summed E-state index contributed by atoms with van der Waals surface area (Å²) in [6.45, 7) is 8.14. The third kappa shape index (κ3) is 7.89. The van der Waals surface area contributed by atoms with Gasteiger partial charge in [0.15, 0.2) is 0 Å². The Labute approximate surface area is 107 Å². The molecule has 104 valence electrons. The third-order valence-corrected chi connectivity index (χ3v) is 5.64. The Kier molecular flexibility index (Phi) is 11.2. The first-order valence-electron chi connectivity index (χ1n) is 6.77. The van der Waals surface area contributed by atoms with Gasteiger partial charge in [-0.3, -0.25) is 0 Å². The van der Waals surface area contributed by atoms with E-state index >= 15 is 0 Å². The summed E-state index contributed by atoms with van der Waals surface area (Å²) in [5, 5.41) is 8.71. The molecule has 0 heterocycles. The van der Waals surface area contributed by atoms with Crippen LogP contribution in [0, 0.1) is 0 Å². The van der Waals surface area contributed by atoms with Crippen LogP contribution in [0.1, 0.15) is 46.5 Å². The number of hydrogen-bond acceptors (Lipinski definition) is 4. The van der Waals surface area contributed by atoms with Crippen molar-refractivity contribution in [1.82, 2.24) is 0 Å². The van der Waals surface area contributed by atoms with Crippen LogP contribution in [0.25, 0.3) is 0 Å². The average Bonchev–Trinajstić information content (AvgIpc) is 2.30. The summed E-state index contributed by atoms with van der Waals surface area (Å²) >= 11 is 0. The second-order valence-corrected chi connectivity index (χ2v) is 6.60. The predicted octanol–water partition coefficient (Wildman–Crippen LogP) is 2.59. The van der Waals surface area contributed by atoms with Gasteiger partial charge in [0.2, 0.25) is 0 Å². The van der Waals surface area contributed by atoms with Crippen LogP contribution in [-0.4, -0.2) is 40.3 Å². The lowest BCUT2D eigenvalue weighted by Gasteiger charge is -2.28. The quantitative estimate of drug-likeness (QED) is 0.435. The molecule has 0 fully saturated rings. The largest absolute Gasteiger partial charge is 0.500 e. The molecule has 0 aliphatic rings. The molecule has 5 heteroatoms. The lowest BCUT2D eigenvalue weighted by molar-refractivity contribution is 0.0706. The molecule has 0 aromatic heterocycles. The van der Waals surface area contributed by atoms with Crippen LogP contribution in [0.15, 0.2) is 0 Å². The van der Waals surface area contributed by atoms with Gasteiger partial charge in [0.1, 0.15) is 0 Å². The minimum Gasteiger partial charge on any atom is -0.396 e. The van der Waals surface area contributed by atoms with E-state index in [4.69, 9.17) is 18.4 Å². The van der Waals surface area contributed by atoms with E-state index in [1.54, 1.807) is 0 Å². The molecule has 0 saturated heterocycles. The summed E-state index contributed by atoms with van der Waals surface area (Å²) in [4.78, 5) is 0. The fraction of sp³-hybridized carbons (Fsp3) is 1.00. The molecule has 0 radical (unpaired) electrons. The fourth-order valence-corrected chi connectivity index (χ4v) is 4.49. The van der Waals surface area contributed by atoms with Crippen LogP contribution < -0.4 is 0 Å². The van der Waals surface area contributed by atoms with Crippen LogP contribution in [0.4, 0.5) is 0 Å². The second kappa shape index (κ2) is 11.2. The predicted molar refractivity (Wildman–Crippen MR) is 71.0 cm³/mol. The molecule has 0 bridgehead atoms. The first kappa shape index (κ1) is 17.1. The number of rotatable bonds is 12. The van der Waals surface area contributed by atoms with Gasteiger partial charge in [-0.1, -0.05) is 12.8 Å². The molecule has 0 aliphatic carbocycles. The molecule has 0 amide bonds. The zero-order valence-corrected chi connectivity index (χ0v) is 12.5. The summed E-state index contributed by atoms with van der Waals surface area (Å²) < 4.78 is 17.3. The summed E-state index contributed by atoms with van der Waals surface area (Å²) in [5.41, 5.74) is 0. The van der Waals surface area contributed by atoms with E-state index in [1.807, 2.05) is 20.8 Å². The van der Waals surface area contributed by atoms with Gasteiger partial charge in [-0.15, -0.1) is 0 Å². The first-order valence-corrected chi connectivity index (χ1v) is 8.70. The zero-order valence-electron chi connectivity index (χ0n) is 11.5. The summed E-state index contributed by atoms with van der Waals surface area (Å²) in [5.74, 6) is 0. The highest BCUT2D eigenvalue weighted by molar-refractivity contribution is 6.60. The van der Waals surface area contributed by atoms with Crippen molar-refractivity contribution in [2.75, 3.05) is 26.4 Å². The Balaban J connectivity index is 4.05. The molecule has 0 aliphatic heterocycles. The third-order valence-electron chi connectivity index (χ3n) is 2.48. The Hall–Kier alpha value is 0.0569. The SMILES string of the molecule is CCO[Si](CCCCCCO)(OCC)OCC. The topological polar surface area (TPSA) is 47.9 Å². The second-order valence-electron chi connectivity index (χ2n) is 3.87. The average molecular weight is 264 g/mol. The molecule has 0 rings (SSSR count). The van der Waals surface area contributed by atoms with Gasteiger partial charge in [0, 0.05) is 32.5 Å². The first-order chi connectivity index (χ1) is 8.24. The van der Waals surface area contributed by atoms with Crippen LogP contribution in [-0.2, 0) is 13.3 Å². The van der Waals surface area contributed by atoms with Crippen molar-refractivity contribution in [3.63, 3.8) is 0 Å². The van der Waals surface area contributed by atoms with Gasteiger partial charge in [-0.05, 0) is 33.6 Å². The maximum Gasteiger partial charge on any atom is 0.500 e. The Bertz CT molecular complexity index is 150. The van der Waals surface area contributed by atoms with Gasteiger partial charge in [-0.2, -0.15) is 0 Å². The standard InChI is InChI=1S/C12H28O4Si/c1-4-14-17(15-5-2,16-6-3)12-10-8-7-9-11-13/h13H,4-12H2,1-3H3. The van der Waals surface area contributed by atoms with Crippen molar-refractivity contribution in [2.24, 2.45) is 0 Å². The van der Waals surface area contributed by atoms with Gasteiger partial charge < -0.3 is 18.4 Å². The molecule has 0 unspecified atom stereocenters. The van der Waals surface area contributed by atoms with Crippen LogP contribution in [0.2, 0.25) is 6.04 Å². The van der Waals surface area contributed by atoms with E-state index in [0.717, 1.165) is 31.7 Å². The molecule has 0 aromatic carbocycles. The van der Waals surface area contributed by atoms with Gasteiger partial charge in [-0.25, -0.2) is 0 Å². The Morgan fingerprint density at radius 1 is 0.765 bits per heavy atom. The van der Waals surface area contributed by atoms with E-state index < -0.39 is 8.80 Å². The minimum absolute atomic E-state index is 0.283. The highest BCUT2D eigenvalue weighted by atomic mass is 28.4. The molecule has 0 atom stereocenters. The highest BCUT2D eigenvalue weighted by Crippen LogP contribution is 2.20. The van der Waals surface area contributed by atoms with Crippen molar-refractivity contribution in [2.45, 2.75) is 52.5 Å². The molecule has 4 nitrogen and oxygen atoms in total. The summed E-state index contributed by atoms with van der Waals surface area (Å²) in [7, 11) is -2.42. The van der Waals surface area contributed by atoms with Crippen molar-refractivity contribution in [1.29, 1.82) is 0 Å². The van der Waals surface area contributed by atoms with Crippen molar-refractivity contribution >= 4 is 8.80 Å². The van der Waals surface area contributed by atoms with Crippen molar-refractivity contribution in [3.8, 4) is 0 Å². The molecular weight excluding hydrogens is 236 g/mol. The van der Waals surface area contributed by atoms with E-state index in [2.05, 4.69) is 0 Å². The number of unbranched alkanes of at least 4 members (excludes halogenated alkanes) is 3. The molecule has 0 spiro atoms. The Morgan fingerprint density at radius 2 is 1.24 bits per heavy atom. The van der Waals surface area contributed by atoms with Crippen LogP contribution >= 0.6 is 0 Å². The molecular formula is C12H28O4Si. The normalized spacial score (nSPS) is 12.0. The number of aliphatic hydroxyl groups is 1. The molecule has 1 N–H and O–H groups in total. The van der Waals surface area contributed by atoms with Crippen LogP contribution in [0.5, 0.6) is 0 Å². The fourth-order valence-electron chi connectivity index (χ4n) is 1.81. The maximum absolute atomic E-state index is 8.71. The van der Waals surface area contributed by atoms with Crippen molar-refractivity contribution < 1.29 is 18.4 Å². The van der Waals surface area contributed by atoms with Gasteiger partial charge in [0.25, 0.3) is 0 Å². The lowest BCUT2D eigenvalue weighted by atomic mass is 10.2. The molecule has 0 saturated carbocycles. The minimum atomic E-state index is -2.42. The zero-order chi connectivity index (χ0) is 13.0. The summed E-state index contributed by atoms with van der Waals surface area (Å²) in [6.07, 6.45) is 4.09. The monoisotopic (exact) mass is 264 g/mol. The van der Waals surface area contributed by atoms with E-state index in [9.17, 15) is 0 Å². The number of hydrogen-bond donors (Lipinski definition) is 1. The molecule has 17 heavy (non-hydrogen) atoms. The van der Waals surface area contributed by atoms with Crippen molar-refractivity contribution in [3.05, 3.63) is 0 Å². The van der Waals surface area contributed by atoms with Gasteiger partial charge >= 0.3 is 8.80 Å². The van der Waals surface area contributed by atoms with E-state index in [0.29, 0.717) is 19.8 Å². The van der Waals surface area contributed by atoms with E-state index in [1.165, 1.54) is 0 Å². The molecule has 0 aromatic rings.